The smallest absolute Gasteiger partial charge is 0.192 e. The van der Waals surface area contributed by atoms with Gasteiger partial charge in [-0.05, 0) is 67.2 Å². The van der Waals surface area contributed by atoms with E-state index in [9.17, 15) is 0 Å². The van der Waals surface area contributed by atoms with Crippen LogP contribution in [0.1, 0.15) is 5.56 Å². The first-order chi connectivity index (χ1) is 18.7. The minimum Gasteiger partial charge on any atom is -0.495 e. The molecule has 186 valence electrons. The van der Waals surface area contributed by atoms with Gasteiger partial charge in [0.05, 0.1) is 29.5 Å². The summed E-state index contributed by atoms with van der Waals surface area (Å²) in [6, 6.07) is 29.1. The highest BCUT2D eigenvalue weighted by molar-refractivity contribution is 7.71. The zero-order chi connectivity index (χ0) is 26.1. The number of nitrogens with one attached hydrogen (secondary N) is 1. The lowest BCUT2D eigenvalue weighted by Crippen LogP contribution is -2.23. The van der Waals surface area contributed by atoms with Gasteiger partial charge >= 0.3 is 0 Å². The van der Waals surface area contributed by atoms with Crippen LogP contribution in [-0.4, -0.2) is 31.2 Å². The van der Waals surface area contributed by atoms with E-state index in [4.69, 9.17) is 32.0 Å². The Morgan fingerprint density at radius 1 is 0.763 bits per heavy atom. The molecular weight excluding hydrogens is 494 g/mol. The van der Waals surface area contributed by atoms with E-state index in [1.165, 1.54) is 0 Å². The molecule has 0 saturated heterocycles. The molecule has 0 aliphatic carbocycles. The molecule has 3 aromatic heterocycles. The number of rotatable bonds is 5. The van der Waals surface area contributed by atoms with Crippen LogP contribution < -0.4 is 15.5 Å². The van der Waals surface area contributed by atoms with Crippen molar-refractivity contribution in [2.75, 3.05) is 12.5 Å². The van der Waals surface area contributed by atoms with Crippen LogP contribution in [0.25, 0.3) is 33.7 Å². The van der Waals surface area contributed by atoms with Crippen molar-refractivity contribution in [2.24, 2.45) is 5.10 Å². The van der Waals surface area contributed by atoms with Crippen LogP contribution in [-0.2, 0) is 0 Å². The summed E-state index contributed by atoms with van der Waals surface area (Å²) >= 11 is 6.18. The first-order valence-corrected chi connectivity index (χ1v) is 12.4. The Bertz CT molecular complexity index is 1930. The Labute approximate surface area is 223 Å². The van der Waals surface area contributed by atoms with Gasteiger partial charge in [-0.3, -0.25) is 14.6 Å². The zero-order valence-electron chi connectivity index (χ0n) is 20.7. The van der Waals surface area contributed by atoms with Crippen molar-refractivity contribution in [3.05, 3.63) is 113 Å². The van der Waals surface area contributed by atoms with Gasteiger partial charge in [0, 0.05) is 6.20 Å². The number of pyridine rings is 1. The number of methoxy groups -OCH3 is 1. The zero-order valence-corrected chi connectivity index (χ0v) is 21.6. The first-order valence-electron chi connectivity index (χ1n) is 12.0. The van der Waals surface area contributed by atoms with Crippen molar-refractivity contribution >= 4 is 40.4 Å². The molecule has 0 aliphatic rings. The minimum atomic E-state index is 0.478. The summed E-state index contributed by atoms with van der Waals surface area (Å²) in [7, 11) is 1.64. The van der Waals surface area contributed by atoms with Gasteiger partial charge in [0.25, 0.3) is 0 Å². The Balaban J connectivity index is 1.86. The molecule has 1 N–H and O–H groups in total. The van der Waals surface area contributed by atoms with E-state index in [0.29, 0.717) is 44.0 Å². The van der Waals surface area contributed by atoms with E-state index in [1.54, 1.807) is 13.3 Å². The van der Waals surface area contributed by atoms with Crippen LogP contribution in [0.15, 0.2) is 102 Å². The number of para-hydroxylation sites is 5. The Morgan fingerprint density at radius 3 is 2.03 bits per heavy atom. The number of hydrogen-bond acceptors (Lipinski definition) is 7. The number of nitrogens with zero attached hydrogens (tertiary/aromatic N) is 6. The molecule has 8 nitrogen and oxygen atoms in total. The highest BCUT2D eigenvalue weighted by Gasteiger charge is 2.19. The van der Waals surface area contributed by atoms with Crippen LogP contribution in [0.4, 0.5) is 5.82 Å². The van der Waals surface area contributed by atoms with Gasteiger partial charge < -0.3 is 4.74 Å². The maximum atomic E-state index is 6.18. The maximum absolute atomic E-state index is 6.18. The maximum Gasteiger partial charge on any atom is 0.192 e. The lowest BCUT2D eigenvalue weighted by atomic mass is 10.2. The van der Waals surface area contributed by atoms with Crippen LogP contribution in [0.5, 0.6) is 5.75 Å². The number of hydrogen-bond donors (Lipinski definition) is 1. The van der Waals surface area contributed by atoms with E-state index < -0.39 is 0 Å². The van der Waals surface area contributed by atoms with Gasteiger partial charge in [-0.2, -0.15) is 5.10 Å². The Kier molecular flexibility index (Phi) is 6.11. The number of aryl methyl sites for hydroxylation is 1. The number of fused-ring (bicyclic) bond motifs is 3. The van der Waals surface area contributed by atoms with Crippen molar-refractivity contribution in [2.45, 2.75) is 6.92 Å². The number of benzene rings is 3. The van der Waals surface area contributed by atoms with Crippen LogP contribution in [0.2, 0.25) is 0 Å². The highest BCUT2D eigenvalue weighted by Crippen LogP contribution is 2.26. The van der Waals surface area contributed by atoms with Crippen LogP contribution >= 0.6 is 12.2 Å². The van der Waals surface area contributed by atoms with Crippen molar-refractivity contribution in [1.29, 1.82) is 0 Å². The second-order valence-corrected chi connectivity index (χ2v) is 8.92. The second-order valence-electron chi connectivity index (χ2n) is 8.56. The Hall–Kier alpha value is -4.89. The molecule has 0 radical (unpaired) electrons. The molecule has 0 aliphatic heterocycles. The van der Waals surface area contributed by atoms with E-state index in [2.05, 4.69) is 10.4 Å². The Morgan fingerprint density at radius 2 is 1.37 bits per heavy atom. The van der Waals surface area contributed by atoms with Gasteiger partial charge in [0.15, 0.2) is 21.4 Å². The normalized spacial score (nSPS) is 11.7. The van der Waals surface area contributed by atoms with Crippen molar-refractivity contribution in [3.63, 3.8) is 0 Å². The second kappa shape index (κ2) is 9.87. The van der Waals surface area contributed by atoms with Crippen molar-refractivity contribution in [1.82, 2.24) is 24.1 Å². The molecule has 0 fully saturated rings. The molecule has 3 aromatic carbocycles. The lowest BCUT2D eigenvalue weighted by molar-refractivity contribution is 0.412. The third-order valence-corrected chi connectivity index (χ3v) is 6.56. The van der Waals surface area contributed by atoms with Gasteiger partial charge in [0.1, 0.15) is 11.6 Å². The molecule has 2 bridgehead atoms. The van der Waals surface area contributed by atoms with Crippen molar-refractivity contribution in [3.8, 4) is 17.1 Å². The number of anilines is 1. The fourth-order valence-electron chi connectivity index (χ4n) is 4.39. The van der Waals surface area contributed by atoms with E-state index in [0.717, 1.165) is 16.9 Å². The largest absolute Gasteiger partial charge is 0.495 e. The molecule has 0 saturated carbocycles. The van der Waals surface area contributed by atoms with Crippen molar-refractivity contribution < 1.29 is 4.74 Å². The molecule has 0 unspecified atom stereocenters. The molecule has 0 atom stereocenters. The standard InChI is InChI=1S/C29H23N7OS/c1-19-11-3-6-14-22(19)35-27-26(34-33-25-17-9-10-18-30-25)28(32-21-13-5-4-12-20(21)31-27)36(29(35)38)23-15-7-8-16-24(23)37-2/h3-18H,1-2H3,(H,30,33). The molecule has 6 aromatic rings. The molecule has 3 heterocycles. The van der Waals surface area contributed by atoms with Gasteiger partial charge in [-0.25, -0.2) is 15.0 Å². The molecule has 0 amide bonds. The molecule has 9 heteroatoms. The fourth-order valence-corrected chi connectivity index (χ4v) is 4.76. The quantitative estimate of drug-likeness (QED) is 0.232. The third-order valence-electron chi connectivity index (χ3n) is 6.19. The number of ether oxygens (including phenoxy) is 1. The van der Waals surface area contributed by atoms with E-state index >= 15 is 0 Å². The van der Waals surface area contributed by atoms with Gasteiger partial charge in [-0.15, -0.1) is 0 Å². The molecule has 6 rings (SSSR count). The highest BCUT2D eigenvalue weighted by atomic mass is 32.1. The average Bonchev–Trinajstić information content (AvgIpc) is 3.07. The predicted molar refractivity (Wildman–Crippen MR) is 151 cm³/mol. The van der Waals surface area contributed by atoms with E-state index in [-0.39, 0.29) is 0 Å². The van der Waals surface area contributed by atoms with Crippen LogP contribution in [0.3, 0.4) is 0 Å². The summed E-state index contributed by atoms with van der Waals surface area (Å²) < 4.78 is 10.1. The molecule has 0 spiro atoms. The molecular formula is C29H23N7OS. The summed E-state index contributed by atoms with van der Waals surface area (Å²) in [6.45, 7) is 2.04. The lowest BCUT2D eigenvalue weighted by Gasteiger charge is -2.18. The predicted octanol–water partition coefficient (Wildman–Crippen LogP) is 5.73. The summed E-state index contributed by atoms with van der Waals surface area (Å²) in [6.07, 6.45) is 1.71. The van der Waals surface area contributed by atoms with Gasteiger partial charge in [-0.1, -0.05) is 48.5 Å². The monoisotopic (exact) mass is 517 g/mol. The number of aromatic nitrogens is 5. The van der Waals surface area contributed by atoms with Crippen LogP contribution in [0, 0.1) is 11.7 Å². The summed E-state index contributed by atoms with van der Waals surface area (Å²) in [5.74, 6) is 1.24. The first kappa shape index (κ1) is 23.5. The summed E-state index contributed by atoms with van der Waals surface area (Å²) in [4.78, 5) is 14.5. The third kappa shape index (κ3) is 4.08. The van der Waals surface area contributed by atoms with Gasteiger partial charge in [0.2, 0.25) is 0 Å². The average molecular weight is 518 g/mol. The topological polar surface area (TPSA) is 82.2 Å². The molecule has 38 heavy (non-hydrogen) atoms. The van der Waals surface area contributed by atoms with E-state index in [1.807, 2.05) is 107 Å². The SMILES string of the molecule is COc1ccccc1-n1c(=S)n(-c2ccccc2C)c2nc3ccccc3nc1c2=NNc1ccccn1. The fraction of sp³-hybridized carbons (Fsp3) is 0.0690. The summed E-state index contributed by atoms with van der Waals surface area (Å²) in [5.41, 5.74) is 8.25. The minimum absolute atomic E-state index is 0.478. The summed E-state index contributed by atoms with van der Waals surface area (Å²) in [5, 5.41) is 5.32.